The van der Waals surface area contributed by atoms with Crippen molar-refractivity contribution in [2.75, 3.05) is 39.3 Å². The summed E-state index contributed by atoms with van der Waals surface area (Å²) in [5.74, 6) is -0.0482. The van der Waals surface area contributed by atoms with Crippen molar-refractivity contribution >= 4 is 42.1 Å². The highest BCUT2D eigenvalue weighted by Crippen LogP contribution is 2.24. The Labute approximate surface area is 157 Å². The molecule has 1 saturated heterocycles. The van der Waals surface area contributed by atoms with Gasteiger partial charge in [0.1, 0.15) is 9.88 Å². The molecule has 2 aromatic heterocycles. The van der Waals surface area contributed by atoms with Crippen molar-refractivity contribution in [3.05, 3.63) is 35.6 Å². The lowest BCUT2D eigenvalue weighted by molar-refractivity contribution is 0.0951. The van der Waals surface area contributed by atoms with Gasteiger partial charge >= 0.3 is 0 Å². The van der Waals surface area contributed by atoms with E-state index in [2.05, 4.69) is 25.5 Å². The molecule has 0 aromatic carbocycles. The van der Waals surface area contributed by atoms with Crippen LogP contribution in [-0.2, 0) is 0 Å². The van der Waals surface area contributed by atoms with Crippen molar-refractivity contribution in [1.29, 1.82) is 0 Å². The third kappa shape index (κ3) is 5.68. The second kappa shape index (κ2) is 10.6. The van der Waals surface area contributed by atoms with Crippen LogP contribution in [-0.4, -0.2) is 60.0 Å². The highest BCUT2D eigenvalue weighted by molar-refractivity contribution is 7.16. The van der Waals surface area contributed by atoms with Crippen LogP contribution in [0.25, 0.3) is 10.6 Å². The van der Waals surface area contributed by atoms with Crippen molar-refractivity contribution in [2.24, 2.45) is 0 Å². The van der Waals surface area contributed by atoms with Crippen LogP contribution in [0.1, 0.15) is 9.67 Å². The first-order chi connectivity index (χ1) is 10.8. The van der Waals surface area contributed by atoms with Crippen molar-refractivity contribution in [3.63, 3.8) is 0 Å². The van der Waals surface area contributed by atoms with Gasteiger partial charge in [0.2, 0.25) is 0 Å². The molecule has 1 aliphatic rings. The van der Waals surface area contributed by atoms with E-state index in [1.807, 2.05) is 12.1 Å². The third-order valence-corrected chi connectivity index (χ3v) is 4.63. The van der Waals surface area contributed by atoms with E-state index in [1.54, 1.807) is 18.6 Å². The van der Waals surface area contributed by atoms with Crippen LogP contribution in [0.5, 0.6) is 0 Å². The van der Waals surface area contributed by atoms with E-state index in [1.165, 1.54) is 11.3 Å². The summed E-state index contributed by atoms with van der Waals surface area (Å²) in [7, 11) is 0. The van der Waals surface area contributed by atoms with Crippen molar-refractivity contribution in [3.8, 4) is 10.6 Å². The number of thiazole rings is 1. The molecule has 1 fully saturated rings. The molecule has 24 heavy (non-hydrogen) atoms. The molecule has 2 N–H and O–H groups in total. The molecule has 2 aromatic rings. The number of carbonyl (C=O) groups is 1. The highest BCUT2D eigenvalue weighted by atomic mass is 35.5. The summed E-state index contributed by atoms with van der Waals surface area (Å²) in [6.07, 6.45) is 5.09. The van der Waals surface area contributed by atoms with Crippen LogP contribution in [0.2, 0.25) is 0 Å². The number of piperazine rings is 1. The molecule has 1 aliphatic heterocycles. The lowest BCUT2D eigenvalue weighted by atomic mass is 10.3. The summed E-state index contributed by atoms with van der Waals surface area (Å²) in [4.78, 5) is 23.4. The number of aromatic nitrogens is 2. The molecule has 0 radical (unpaired) electrons. The van der Waals surface area contributed by atoms with Gasteiger partial charge in [-0.05, 0) is 12.1 Å². The Balaban J connectivity index is 0.00000144. The molecule has 9 heteroatoms. The van der Waals surface area contributed by atoms with Crippen LogP contribution >= 0.6 is 36.2 Å². The van der Waals surface area contributed by atoms with Gasteiger partial charge in [0, 0.05) is 57.2 Å². The number of halogens is 2. The molecular formula is C15H21Cl2N5OS. The lowest BCUT2D eigenvalue weighted by Gasteiger charge is -2.26. The molecule has 0 spiro atoms. The number of hydrogen-bond donors (Lipinski definition) is 2. The third-order valence-electron chi connectivity index (χ3n) is 3.58. The van der Waals surface area contributed by atoms with Crippen LogP contribution in [0.4, 0.5) is 0 Å². The van der Waals surface area contributed by atoms with Gasteiger partial charge in [-0.2, -0.15) is 0 Å². The summed E-state index contributed by atoms with van der Waals surface area (Å²) in [6.45, 7) is 5.70. The highest BCUT2D eigenvalue weighted by Gasteiger charge is 2.13. The van der Waals surface area contributed by atoms with Crippen LogP contribution in [0.15, 0.2) is 30.7 Å². The second-order valence-electron chi connectivity index (χ2n) is 5.11. The van der Waals surface area contributed by atoms with E-state index in [4.69, 9.17) is 0 Å². The van der Waals surface area contributed by atoms with Crippen LogP contribution < -0.4 is 10.6 Å². The Morgan fingerprint density at radius 3 is 2.67 bits per heavy atom. The Morgan fingerprint density at radius 1 is 1.25 bits per heavy atom. The molecule has 0 saturated carbocycles. The monoisotopic (exact) mass is 389 g/mol. The van der Waals surface area contributed by atoms with Gasteiger partial charge in [0.15, 0.2) is 0 Å². The van der Waals surface area contributed by atoms with Gasteiger partial charge in [-0.25, -0.2) is 4.98 Å². The minimum absolute atomic E-state index is 0. The fourth-order valence-electron chi connectivity index (χ4n) is 2.36. The quantitative estimate of drug-likeness (QED) is 0.813. The largest absolute Gasteiger partial charge is 0.350 e. The van der Waals surface area contributed by atoms with E-state index in [9.17, 15) is 4.79 Å². The van der Waals surface area contributed by atoms with Gasteiger partial charge in [-0.3, -0.25) is 14.7 Å². The zero-order valence-electron chi connectivity index (χ0n) is 13.1. The van der Waals surface area contributed by atoms with E-state index >= 15 is 0 Å². The number of rotatable bonds is 5. The molecular weight excluding hydrogens is 369 g/mol. The number of hydrogen-bond acceptors (Lipinski definition) is 6. The van der Waals surface area contributed by atoms with Gasteiger partial charge in [0.05, 0.1) is 6.20 Å². The zero-order chi connectivity index (χ0) is 15.2. The Hall–Kier alpha value is -1.25. The molecule has 3 rings (SSSR count). The number of nitrogens with one attached hydrogen (secondary N) is 2. The minimum Gasteiger partial charge on any atom is -0.350 e. The summed E-state index contributed by atoms with van der Waals surface area (Å²) < 4.78 is 0. The first-order valence-corrected chi connectivity index (χ1v) is 8.22. The fraction of sp³-hybridized carbons (Fsp3) is 0.400. The Morgan fingerprint density at radius 2 is 1.96 bits per heavy atom. The standard InChI is InChI=1S/C15H19N5OS.2ClH/c21-14(18-7-10-20-8-5-17-6-9-20)13-11-19-15(22-13)12-1-3-16-4-2-12;;/h1-4,11,17H,5-10H2,(H,18,21);2*1H. The molecule has 1 amide bonds. The predicted octanol–water partition coefficient (Wildman–Crippen LogP) is 1.68. The average molecular weight is 390 g/mol. The van der Waals surface area contributed by atoms with Crippen molar-refractivity contribution in [2.45, 2.75) is 0 Å². The smallest absolute Gasteiger partial charge is 0.263 e. The first kappa shape index (κ1) is 20.8. The maximum atomic E-state index is 12.1. The second-order valence-corrected chi connectivity index (χ2v) is 6.14. The van der Waals surface area contributed by atoms with Crippen molar-refractivity contribution in [1.82, 2.24) is 25.5 Å². The predicted molar refractivity (Wildman–Crippen MR) is 101 cm³/mol. The van der Waals surface area contributed by atoms with Gasteiger partial charge in [0.25, 0.3) is 5.91 Å². The maximum absolute atomic E-state index is 12.1. The molecule has 3 heterocycles. The summed E-state index contributed by atoms with van der Waals surface area (Å²) >= 11 is 1.41. The fourth-order valence-corrected chi connectivity index (χ4v) is 3.19. The Kier molecular flexibility index (Phi) is 9.17. The molecule has 6 nitrogen and oxygen atoms in total. The number of carbonyl (C=O) groups excluding carboxylic acids is 1. The number of pyridine rings is 1. The average Bonchev–Trinajstić information content (AvgIpc) is 3.07. The van der Waals surface area contributed by atoms with Crippen molar-refractivity contribution < 1.29 is 4.79 Å². The van der Waals surface area contributed by atoms with Crippen LogP contribution in [0.3, 0.4) is 0 Å². The number of amides is 1. The summed E-state index contributed by atoms with van der Waals surface area (Å²) in [5, 5.41) is 7.13. The SMILES string of the molecule is Cl.Cl.O=C(NCCN1CCNCC1)c1cnc(-c2ccncc2)s1. The summed E-state index contributed by atoms with van der Waals surface area (Å²) in [5.41, 5.74) is 0.986. The van der Waals surface area contributed by atoms with Crippen LogP contribution in [0, 0.1) is 0 Å². The van der Waals surface area contributed by atoms with Gasteiger partial charge in [-0.15, -0.1) is 36.2 Å². The maximum Gasteiger partial charge on any atom is 0.263 e. The van der Waals surface area contributed by atoms with E-state index in [-0.39, 0.29) is 30.7 Å². The molecule has 0 aliphatic carbocycles. The number of nitrogens with zero attached hydrogens (tertiary/aromatic N) is 3. The minimum atomic E-state index is -0.0482. The molecule has 0 atom stereocenters. The first-order valence-electron chi connectivity index (χ1n) is 7.40. The van der Waals surface area contributed by atoms with Gasteiger partial charge < -0.3 is 10.6 Å². The molecule has 0 unspecified atom stereocenters. The lowest BCUT2D eigenvalue weighted by Crippen LogP contribution is -2.46. The normalized spacial score (nSPS) is 14.3. The molecule has 0 bridgehead atoms. The van der Waals surface area contributed by atoms with Gasteiger partial charge in [-0.1, -0.05) is 0 Å². The molecule has 132 valence electrons. The topological polar surface area (TPSA) is 70.2 Å². The Bertz CT molecular complexity index is 619. The van der Waals surface area contributed by atoms with E-state index in [0.29, 0.717) is 11.4 Å². The van der Waals surface area contributed by atoms with E-state index < -0.39 is 0 Å². The van der Waals surface area contributed by atoms with E-state index in [0.717, 1.165) is 43.3 Å². The summed E-state index contributed by atoms with van der Waals surface area (Å²) in [6, 6.07) is 3.79. The zero-order valence-corrected chi connectivity index (χ0v) is 15.6.